The van der Waals surface area contributed by atoms with Crippen molar-refractivity contribution in [2.75, 3.05) is 4.90 Å². The lowest BCUT2D eigenvalue weighted by atomic mass is 9.65. The third-order valence-electron chi connectivity index (χ3n) is 14.0. The Morgan fingerprint density at radius 1 is 0.359 bits per heavy atom. The molecule has 0 bridgehead atoms. The number of fused-ring (bicyclic) bond motifs is 15. The minimum Gasteiger partial charge on any atom is -0.456 e. The SMILES string of the molecule is c1ccc(N(c2ccc(-c3ccc4c(c3)oc3ccccc34)cc2)c2ccccc2-c2ccc3c(c2)-c2ccccc2C32c3ccccc3-n3c4ccccc4c4cccc2c43)cc1. The highest BCUT2D eigenvalue weighted by molar-refractivity contribution is 6.13. The standard InChI is InChI=1S/C61H38N2O/c1-2-15-42(16-3-1)62(43-33-29-39(30-34-43)40-31-35-48-47-20-7-13-28-58(47)64-59(48)38-40)55-25-10-5-17-44(55)41-32-36-52-50(37-41)45-18-4-8-22-51(45)61(52)53-23-9-12-27-57(53)63-56-26-11-6-19-46(56)49-21-14-24-54(61)60(49)63/h1-38H. The van der Waals surface area contributed by atoms with Crippen molar-refractivity contribution in [2.45, 2.75) is 5.41 Å². The molecule has 1 unspecified atom stereocenters. The number of rotatable bonds is 5. The predicted molar refractivity (Wildman–Crippen MR) is 264 cm³/mol. The Labute approximate surface area is 370 Å². The van der Waals surface area contributed by atoms with Crippen molar-refractivity contribution < 1.29 is 4.42 Å². The molecule has 2 aromatic heterocycles. The normalized spacial score (nSPS) is 14.6. The molecular weight excluding hydrogens is 777 g/mol. The average molecular weight is 815 g/mol. The molecule has 1 aliphatic heterocycles. The van der Waals surface area contributed by atoms with Crippen molar-refractivity contribution in [3.8, 4) is 39.1 Å². The Balaban J connectivity index is 0.931. The first-order chi connectivity index (χ1) is 31.8. The quantitative estimate of drug-likeness (QED) is 0.173. The van der Waals surface area contributed by atoms with Crippen molar-refractivity contribution in [3.63, 3.8) is 0 Å². The summed E-state index contributed by atoms with van der Waals surface area (Å²) in [5, 5.41) is 4.86. The number of hydrogen-bond donors (Lipinski definition) is 0. The monoisotopic (exact) mass is 814 g/mol. The van der Waals surface area contributed by atoms with Gasteiger partial charge in [0.25, 0.3) is 0 Å². The van der Waals surface area contributed by atoms with Gasteiger partial charge in [0.2, 0.25) is 0 Å². The maximum atomic E-state index is 6.27. The van der Waals surface area contributed by atoms with Crippen LogP contribution in [0.2, 0.25) is 0 Å². The van der Waals surface area contributed by atoms with Gasteiger partial charge in [-0.2, -0.15) is 0 Å². The van der Waals surface area contributed by atoms with E-state index in [9.17, 15) is 0 Å². The zero-order valence-electron chi connectivity index (χ0n) is 34.7. The van der Waals surface area contributed by atoms with Crippen molar-refractivity contribution in [1.29, 1.82) is 0 Å². The lowest BCUT2D eigenvalue weighted by Gasteiger charge is -2.39. The Hall–Kier alpha value is -8.40. The van der Waals surface area contributed by atoms with Gasteiger partial charge in [0, 0.05) is 38.5 Å². The number of aromatic nitrogens is 1. The Kier molecular flexibility index (Phi) is 7.32. The maximum absolute atomic E-state index is 6.27. The summed E-state index contributed by atoms with van der Waals surface area (Å²) in [6.45, 7) is 0. The number of benzene rings is 10. The van der Waals surface area contributed by atoms with Crippen LogP contribution >= 0.6 is 0 Å². The van der Waals surface area contributed by atoms with E-state index < -0.39 is 5.41 Å². The molecule has 64 heavy (non-hydrogen) atoms. The molecule has 12 aromatic rings. The average Bonchev–Trinajstić information content (AvgIpc) is 4.01. The van der Waals surface area contributed by atoms with Crippen LogP contribution < -0.4 is 4.90 Å². The van der Waals surface area contributed by atoms with E-state index in [4.69, 9.17) is 4.42 Å². The van der Waals surface area contributed by atoms with Gasteiger partial charge >= 0.3 is 0 Å². The van der Waals surface area contributed by atoms with E-state index in [-0.39, 0.29) is 0 Å². The van der Waals surface area contributed by atoms with Gasteiger partial charge in [0.05, 0.1) is 27.8 Å². The number of para-hydroxylation sites is 6. The van der Waals surface area contributed by atoms with Crippen LogP contribution in [0.15, 0.2) is 235 Å². The largest absolute Gasteiger partial charge is 0.456 e. The highest BCUT2D eigenvalue weighted by Crippen LogP contribution is 2.61. The van der Waals surface area contributed by atoms with E-state index in [0.717, 1.165) is 50.1 Å². The van der Waals surface area contributed by atoms with E-state index in [1.807, 2.05) is 12.1 Å². The first-order valence-electron chi connectivity index (χ1n) is 22.1. The summed E-state index contributed by atoms with van der Waals surface area (Å²) in [4.78, 5) is 2.39. The molecular formula is C61H38N2O. The highest BCUT2D eigenvalue weighted by Gasteiger charge is 2.50. The Morgan fingerprint density at radius 3 is 1.88 bits per heavy atom. The van der Waals surface area contributed by atoms with Crippen molar-refractivity contribution in [2.24, 2.45) is 0 Å². The molecule has 0 saturated heterocycles. The predicted octanol–water partition coefficient (Wildman–Crippen LogP) is 16.2. The van der Waals surface area contributed by atoms with Crippen LogP contribution in [-0.2, 0) is 5.41 Å². The lowest BCUT2D eigenvalue weighted by Crippen LogP contribution is -2.33. The molecule has 1 spiro atoms. The second-order valence-corrected chi connectivity index (χ2v) is 17.2. The molecule has 0 amide bonds. The third-order valence-corrected chi connectivity index (χ3v) is 14.0. The van der Waals surface area contributed by atoms with Gasteiger partial charge < -0.3 is 13.9 Å². The molecule has 2 aliphatic rings. The van der Waals surface area contributed by atoms with E-state index >= 15 is 0 Å². The van der Waals surface area contributed by atoms with Crippen LogP contribution in [0, 0.1) is 0 Å². The van der Waals surface area contributed by atoms with Crippen molar-refractivity contribution >= 4 is 60.8 Å². The molecule has 3 heterocycles. The summed E-state index contributed by atoms with van der Waals surface area (Å²) in [6.07, 6.45) is 0. The van der Waals surface area contributed by atoms with Crippen LogP contribution in [0.4, 0.5) is 17.1 Å². The van der Waals surface area contributed by atoms with Gasteiger partial charge in [0.15, 0.2) is 0 Å². The molecule has 1 aliphatic carbocycles. The summed E-state index contributed by atoms with van der Waals surface area (Å²) in [6, 6.07) is 84.5. The number of hydrogen-bond acceptors (Lipinski definition) is 2. The number of anilines is 3. The summed E-state index contributed by atoms with van der Waals surface area (Å²) >= 11 is 0. The summed E-state index contributed by atoms with van der Waals surface area (Å²) in [7, 11) is 0. The van der Waals surface area contributed by atoms with Gasteiger partial charge in [-0.05, 0) is 117 Å². The third kappa shape index (κ3) is 4.76. The summed E-state index contributed by atoms with van der Waals surface area (Å²) < 4.78 is 8.78. The molecule has 3 heteroatoms. The van der Waals surface area contributed by atoms with Crippen LogP contribution in [0.3, 0.4) is 0 Å². The van der Waals surface area contributed by atoms with Crippen LogP contribution in [0.25, 0.3) is 82.8 Å². The van der Waals surface area contributed by atoms with E-state index in [1.54, 1.807) is 0 Å². The molecule has 10 aromatic carbocycles. The smallest absolute Gasteiger partial charge is 0.136 e. The van der Waals surface area contributed by atoms with E-state index in [1.165, 1.54) is 72.0 Å². The Bertz CT molecular complexity index is 3860. The van der Waals surface area contributed by atoms with Crippen LogP contribution in [-0.4, -0.2) is 4.57 Å². The topological polar surface area (TPSA) is 21.3 Å². The van der Waals surface area contributed by atoms with Crippen LogP contribution in [0.5, 0.6) is 0 Å². The molecule has 0 fully saturated rings. The summed E-state index contributed by atoms with van der Waals surface area (Å²) in [5.41, 5.74) is 20.8. The zero-order chi connectivity index (χ0) is 41.9. The lowest BCUT2D eigenvalue weighted by molar-refractivity contribution is 0.669. The number of nitrogens with zero attached hydrogens (tertiary/aromatic N) is 2. The maximum Gasteiger partial charge on any atom is 0.136 e. The van der Waals surface area contributed by atoms with Gasteiger partial charge in [-0.15, -0.1) is 0 Å². The molecule has 0 saturated carbocycles. The molecule has 14 rings (SSSR count). The molecule has 0 N–H and O–H groups in total. The van der Waals surface area contributed by atoms with Crippen LogP contribution in [0.1, 0.15) is 22.3 Å². The van der Waals surface area contributed by atoms with Crippen molar-refractivity contribution in [1.82, 2.24) is 4.57 Å². The first kappa shape index (κ1) is 35.2. The summed E-state index contributed by atoms with van der Waals surface area (Å²) in [5.74, 6) is 0. The minimum atomic E-state index is -0.489. The Morgan fingerprint density at radius 2 is 0.984 bits per heavy atom. The van der Waals surface area contributed by atoms with Gasteiger partial charge in [-0.1, -0.05) is 164 Å². The second-order valence-electron chi connectivity index (χ2n) is 17.2. The molecule has 0 radical (unpaired) electrons. The van der Waals surface area contributed by atoms with Gasteiger partial charge in [-0.25, -0.2) is 0 Å². The highest BCUT2D eigenvalue weighted by atomic mass is 16.3. The molecule has 1 atom stereocenters. The molecule has 298 valence electrons. The van der Waals surface area contributed by atoms with E-state index in [0.29, 0.717) is 0 Å². The number of furan rings is 1. The van der Waals surface area contributed by atoms with E-state index in [2.05, 4.69) is 228 Å². The fourth-order valence-electron chi connectivity index (χ4n) is 11.4. The first-order valence-corrected chi connectivity index (χ1v) is 22.1. The fraction of sp³-hybridized carbons (Fsp3) is 0.0164. The van der Waals surface area contributed by atoms with Crippen molar-refractivity contribution in [3.05, 3.63) is 253 Å². The minimum absolute atomic E-state index is 0.489. The zero-order valence-corrected chi connectivity index (χ0v) is 34.7. The van der Waals surface area contributed by atoms with Gasteiger partial charge in [0.1, 0.15) is 11.2 Å². The second kappa shape index (κ2) is 13.3. The fourth-order valence-corrected chi connectivity index (χ4v) is 11.4. The molecule has 3 nitrogen and oxygen atoms in total. The van der Waals surface area contributed by atoms with Gasteiger partial charge in [-0.3, -0.25) is 0 Å².